The zero-order valence-corrected chi connectivity index (χ0v) is 15.0. The van der Waals surface area contributed by atoms with Crippen LogP contribution in [0.4, 0.5) is 0 Å². The maximum Gasteiger partial charge on any atom is 0.291 e. The molecule has 1 saturated heterocycles. The van der Waals surface area contributed by atoms with Gasteiger partial charge in [-0.1, -0.05) is 0 Å². The Labute approximate surface area is 153 Å². The number of amides is 1. The second-order valence-corrected chi connectivity index (χ2v) is 5.95. The van der Waals surface area contributed by atoms with Gasteiger partial charge in [-0.15, -0.1) is 0 Å². The number of ether oxygens (including phenoxy) is 4. The first-order valence-electron chi connectivity index (χ1n) is 8.94. The number of nitrogens with one attached hydrogen (secondary N) is 1. The number of fused-ring (bicyclic) bond motifs is 1. The molecule has 142 valence electrons. The Balaban J connectivity index is 1.50. The zero-order valence-electron chi connectivity index (χ0n) is 15.0. The van der Waals surface area contributed by atoms with Gasteiger partial charge in [0.15, 0.2) is 11.5 Å². The standard InChI is InChI=1S/C18H25N3O5/c1-2-24-18(19-6-3-7-21-8-10-23-11-9-21)20-17(22)14-4-5-15-16(12-14)26-13-25-15/h4-5,12H,2-3,6-11,13H2,1H3,(H,19,20,22). The van der Waals surface area contributed by atoms with E-state index in [1.165, 1.54) is 0 Å². The number of carbonyl (C=O) groups is 1. The fourth-order valence-electron chi connectivity index (χ4n) is 2.76. The largest absolute Gasteiger partial charge is 0.465 e. The number of carbonyl (C=O) groups excluding carboxylic acids is 1. The van der Waals surface area contributed by atoms with Gasteiger partial charge in [-0.25, -0.2) is 4.99 Å². The fourth-order valence-corrected chi connectivity index (χ4v) is 2.76. The molecule has 0 unspecified atom stereocenters. The molecule has 2 aliphatic rings. The van der Waals surface area contributed by atoms with E-state index in [9.17, 15) is 4.79 Å². The number of benzene rings is 1. The third kappa shape index (κ3) is 5.09. The summed E-state index contributed by atoms with van der Waals surface area (Å²) < 4.78 is 21.3. The predicted molar refractivity (Wildman–Crippen MR) is 95.8 cm³/mol. The van der Waals surface area contributed by atoms with Crippen LogP contribution in [0.5, 0.6) is 11.5 Å². The average molecular weight is 363 g/mol. The molecular formula is C18H25N3O5. The minimum Gasteiger partial charge on any atom is -0.465 e. The van der Waals surface area contributed by atoms with Crippen LogP contribution in [0.15, 0.2) is 23.2 Å². The Kier molecular flexibility index (Phi) is 6.68. The highest BCUT2D eigenvalue weighted by Crippen LogP contribution is 2.32. The number of rotatable bonds is 6. The second-order valence-electron chi connectivity index (χ2n) is 5.95. The van der Waals surface area contributed by atoms with E-state index in [0.717, 1.165) is 39.3 Å². The number of nitrogens with zero attached hydrogens (tertiary/aromatic N) is 2. The molecule has 1 fully saturated rings. The summed E-state index contributed by atoms with van der Waals surface area (Å²) in [7, 11) is 0. The monoisotopic (exact) mass is 363 g/mol. The van der Waals surface area contributed by atoms with E-state index >= 15 is 0 Å². The van der Waals surface area contributed by atoms with Gasteiger partial charge in [0.25, 0.3) is 11.9 Å². The SMILES string of the molecule is CCOC(=NCCCN1CCOCC1)NC(=O)c1ccc2c(c1)OCO2. The third-order valence-corrected chi connectivity index (χ3v) is 4.13. The molecule has 1 N–H and O–H groups in total. The van der Waals surface area contributed by atoms with Gasteiger partial charge in [0.1, 0.15) is 0 Å². The lowest BCUT2D eigenvalue weighted by atomic mass is 10.2. The Bertz CT molecular complexity index is 644. The molecule has 2 heterocycles. The van der Waals surface area contributed by atoms with E-state index < -0.39 is 0 Å². The number of hydrogen-bond acceptors (Lipinski definition) is 7. The highest BCUT2D eigenvalue weighted by molar-refractivity contribution is 6.04. The van der Waals surface area contributed by atoms with Crippen molar-refractivity contribution in [2.24, 2.45) is 4.99 Å². The molecule has 0 aromatic heterocycles. The Morgan fingerprint density at radius 2 is 2.08 bits per heavy atom. The van der Waals surface area contributed by atoms with Crippen LogP contribution in [0.2, 0.25) is 0 Å². The predicted octanol–water partition coefficient (Wildman–Crippen LogP) is 1.26. The van der Waals surface area contributed by atoms with Crippen molar-refractivity contribution in [2.75, 3.05) is 52.8 Å². The summed E-state index contributed by atoms with van der Waals surface area (Å²) in [6.45, 7) is 7.52. The van der Waals surface area contributed by atoms with Crippen LogP contribution in [0.25, 0.3) is 0 Å². The molecule has 1 aromatic carbocycles. The molecule has 2 aliphatic heterocycles. The van der Waals surface area contributed by atoms with Crippen molar-refractivity contribution in [2.45, 2.75) is 13.3 Å². The van der Waals surface area contributed by atoms with Gasteiger partial charge in [0, 0.05) is 31.7 Å². The van der Waals surface area contributed by atoms with Crippen molar-refractivity contribution in [1.29, 1.82) is 0 Å². The van der Waals surface area contributed by atoms with Crippen molar-refractivity contribution < 1.29 is 23.7 Å². The lowest BCUT2D eigenvalue weighted by Gasteiger charge is -2.26. The van der Waals surface area contributed by atoms with E-state index in [2.05, 4.69) is 15.2 Å². The summed E-state index contributed by atoms with van der Waals surface area (Å²) in [5, 5.41) is 2.72. The molecule has 0 saturated carbocycles. The van der Waals surface area contributed by atoms with Crippen molar-refractivity contribution in [3.05, 3.63) is 23.8 Å². The van der Waals surface area contributed by atoms with Gasteiger partial charge < -0.3 is 18.9 Å². The van der Waals surface area contributed by atoms with Crippen molar-refractivity contribution in [3.8, 4) is 11.5 Å². The first-order chi connectivity index (χ1) is 12.8. The molecule has 0 atom stereocenters. The minimum absolute atomic E-state index is 0.176. The maximum absolute atomic E-state index is 12.4. The third-order valence-electron chi connectivity index (χ3n) is 4.13. The molecule has 8 heteroatoms. The van der Waals surface area contributed by atoms with E-state index in [0.29, 0.717) is 30.2 Å². The summed E-state index contributed by atoms with van der Waals surface area (Å²) in [6, 6.07) is 5.30. The van der Waals surface area contributed by atoms with Crippen LogP contribution in [0.1, 0.15) is 23.7 Å². The zero-order chi connectivity index (χ0) is 18.2. The summed E-state index contributed by atoms with van der Waals surface area (Å²) in [5.74, 6) is 0.921. The lowest BCUT2D eigenvalue weighted by Crippen LogP contribution is -2.37. The molecule has 0 spiro atoms. The normalized spacial score (nSPS) is 17.2. The van der Waals surface area contributed by atoms with Gasteiger partial charge in [-0.3, -0.25) is 15.0 Å². The first-order valence-corrected chi connectivity index (χ1v) is 8.94. The Hall–Kier alpha value is -2.32. The lowest BCUT2D eigenvalue weighted by molar-refractivity contribution is 0.0377. The molecule has 0 radical (unpaired) electrons. The highest BCUT2D eigenvalue weighted by Gasteiger charge is 2.17. The number of aliphatic imine (C=N–C) groups is 1. The summed E-state index contributed by atoms with van der Waals surface area (Å²) in [4.78, 5) is 19.2. The van der Waals surface area contributed by atoms with Crippen LogP contribution in [-0.2, 0) is 9.47 Å². The minimum atomic E-state index is -0.288. The van der Waals surface area contributed by atoms with Crippen molar-refractivity contribution in [1.82, 2.24) is 10.2 Å². The molecule has 8 nitrogen and oxygen atoms in total. The number of morpholine rings is 1. The second kappa shape index (κ2) is 9.40. The van der Waals surface area contributed by atoms with Crippen molar-refractivity contribution in [3.63, 3.8) is 0 Å². The van der Waals surface area contributed by atoms with Crippen LogP contribution in [0.3, 0.4) is 0 Å². The smallest absolute Gasteiger partial charge is 0.291 e. The summed E-state index contributed by atoms with van der Waals surface area (Å²) in [5.41, 5.74) is 0.468. The van der Waals surface area contributed by atoms with E-state index in [4.69, 9.17) is 18.9 Å². The van der Waals surface area contributed by atoms with Gasteiger partial charge in [-0.2, -0.15) is 0 Å². The first kappa shape index (κ1) is 18.5. The molecule has 26 heavy (non-hydrogen) atoms. The van der Waals surface area contributed by atoms with Gasteiger partial charge in [0.2, 0.25) is 6.79 Å². The molecular weight excluding hydrogens is 338 g/mol. The number of amidine groups is 1. The van der Waals surface area contributed by atoms with Gasteiger partial charge in [-0.05, 0) is 31.5 Å². The van der Waals surface area contributed by atoms with Gasteiger partial charge >= 0.3 is 0 Å². The van der Waals surface area contributed by atoms with Crippen LogP contribution < -0.4 is 14.8 Å². The molecule has 1 aromatic rings. The Morgan fingerprint density at radius 1 is 1.27 bits per heavy atom. The van der Waals surface area contributed by atoms with Crippen molar-refractivity contribution >= 4 is 11.9 Å². The van der Waals surface area contributed by atoms with Crippen LogP contribution >= 0.6 is 0 Å². The average Bonchev–Trinajstić information content (AvgIpc) is 3.14. The Morgan fingerprint density at radius 3 is 2.88 bits per heavy atom. The molecule has 3 rings (SSSR count). The maximum atomic E-state index is 12.4. The van der Waals surface area contributed by atoms with E-state index in [1.807, 2.05) is 6.92 Å². The van der Waals surface area contributed by atoms with Crippen LogP contribution in [0, 0.1) is 0 Å². The summed E-state index contributed by atoms with van der Waals surface area (Å²) >= 11 is 0. The topological polar surface area (TPSA) is 81.6 Å². The summed E-state index contributed by atoms with van der Waals surface area (Å²) in [6.07, 6.45) is 0.899. The van der Waals surface area contributed by atoms with Crippen LogP contribution in [-0.4, -0.2) is 69.6 Å². The fraction of sp³-hybridized carbons (Fsp3) is 0.556. The highest BCUT2D eigenvalue weighted by atomic mass is 16.7. The number of hydrogen-bond donors (Lipinski definition) is 1. The molecule has 0 bridgehead atoms. The molecule has 1 amide bonds. The molecule has 0 aliphatic carbocycles. The quantitative estimate of drug-likeness (QED) is 0.466. The van der Waals surface area contributed by atoms with Gasteiger partial charge in [0.05, 0.1) is 19.8 Å². The van der Waals surface area contributed by atoms with E-state index in [-0.39, 0.29) is 18.7 Å². The van der Waals surface area contributed by atoms with E-state index in [1.54, 1.807) is 18.2 Å².